The van der Waals surface area contributed by atoms with Gasteiger partial charge in [-0.15, -0.1) is 0 Å². The van der Waals surface area contributed by atoms with Crippen LogP contribution in [0.5, 0.6) is 5.75 Å². The van der Waals surface area contributed by atoms with E-state index in [9.17, 15) is 4.79 Å². The fourth-order valence-corrected chi connectivity index (χ4v) is 1.70. The van der Waals surface area contributed by atoms with Crippen molar-refractivity contribution in [3.8, 4) is 5.75 Å². The van der Waals surface area contributed by atoms with Gasteiger partial charge in [0.05, 0.1) is 6.61 Å². The highest BCUT2D eigenvalue weighted by atomic mass is 32.1. The van der Waals surface area contributed by atoms with Crippen LogP contribution in [0.3, 0.4) is 0 Å². The van der Waals surface area contributed by atoms with Gasteiger partial charge in [-0.2, -0.15) is 12.6 Å². The minimum atomic E-state index is 0.119. The Morgan fingerprint density at radius 1 is 1.35 bits per heavy atom. The molecule has 0 aliphatic heterocycles. The molecule has 0 heterocycles. The molecule has 94 valence electrons. The molecule has 3 nitrogen and oxygen atoms in total. The summed E-state index contributed by atoms with van der Waals surface area (Å²) in [6.45, 7) is 3.25. The number of carbonyl (C=O) groups excluding carboxylic acids is 1. The third-order valence-corrected chi connectivity index (χ3v) is 2.63. The minimum Gasteiger partial charge on any atom is -0.494 e. The summed E-state index contributed by atoms with van der Waals surface area (Å²) in [6, 6.07) is 7.82. The summed E-state index contributed by atoms with van der Waals surface area (Å²) < 4.78 is 5.36. The summed E-state index contributed by atoms with van der Waals surface area (Å²) in [6.07, 6.45) is 0.483. The first-order valence-electron chi connectivity index (χ1n) is 5.74. The minimum absolute atomic E-state index is 0.119. The Hall–Kier alpha value is -1.16. The zero-order valence-electron chi connectivity index (χ0n) is 10.3. The average Bonchev–Trinajstić information content (AvgIpc) is 2.32. The van der Waals surface area contributed by atoms with Gasteiger partial charge in [-0.1, -0.05) is 12.1 Å². The molecule has 0 N–H and O–H groups in total. The summed E-state index contributed by atoms with van der Waals surface area (Å²) in [5.74, 6) is 1.57. The van der Waals surface area contributed by atoms with Gasteiger partial charge in [-0.05, 0) is 30.4 Å². The maximum absolute atomic E-state index is 11.6. The van der Waals surface area contributed by atoms with Crippen molar-refractivity contribution in [3.05, 3.63) is 29.8 Å². The molecule has 1 amide bonds. The number of rotatable bonds is 6. The fourth-order valence-electron chi connectivity index (χ4n) is 1.51. The molecule has 0 saturated heterocycles. The predicted octanol–water partition coefficient (Wildman–Crippen LogP) is 2.36. The van der Waals surface area contributed by atoms with Crippen LogP contribution in [0, 0.1) is 0 Å². The van der Waals surface area contributed by atoms with Gasteiger partial charge < -0.3 is 9.64 Å². The molecule has 0 radical (unpaired) electrons. The molecular weight excluding hydrogens is 234 g/mol. The second-order valence-electron chi connectivity index (χ2n) is 3.80. The van der Waals surface area contributed by atoms with Gasteiger partial charge in [0.25, 0.3) is 0 Å². The monoisotopic (exact) mass is 253 g/mol. The van der Waals surface area contributed by atoms with E-state index in [1.165, 1.54) is 0 Å². The van der Waals surface area contributed by atoms with Gasteiger partial charge >= 0.3 is 0 Å². The van der Waals surface area contributed by atoms with E-state index in [0.717, 1.165) is 11.3 Å². The molecule has 1 rings (SSSR count). The molecule has 0 aliphatic carbocycles. The molecule has 17 heavy (non-hydrogen) atoms. The van der Waals surface area contributed by atoms with E-state index in [0.29, 0.717) is 25.3 Å². The van der Waals surface area contributed by atoms with Crippen molar-refractivity contribution in [1.82, 2.24) is 4.90 Å². The highest BCUT2D eigenvalue weighted by molar-refractivity contribution is 7.80. The van der Waals surface area contributed by atoms with Gasteiger partial charge in [0.1, 0.15) is 5.75 Å². The molecule has 0 atom stereocenters. The van der Waals surface area contributed by atoms with Crippen LogP contribution in [-0.2, 0) is 11.3 Å². The van der Waals surface area contributed by atoms with Crippen molar-refractivity contribution in [2.45, 2.75) is 19.9 Å². The maximum atomic E-state index is 11.6. The van der Waals surface area contributed by atoms with E-state index in [-0.39, 0.29) is 5.91 Å². The second kappa shape index (κ2) is 7.22. The van der Waals surface area contributed by atoms with E-state index in [1.54, 1.807) is 4.90 Å². The van der Waals surface area contributed by atoms with Crippen LogP contribution < -0.4 is 4.74 Å². The number of carbonyl (C=O) groups is 1. The van der Waals surface area contributed by atoms with Crippen molar-refractivity contribution in [2.75, 3.05) is 19.4 Å². The van der Waals surface area contributed by atoms with Crippen LogP contribution in [0.2, 0.25) is 0 Å². The predicted molar refractivity (Wildman–Crippen MR) is 72.6 cm³/mol. The number of nitrogens with zero attached hydrogens (tertiary/aromatic N) is 1. The zero-order valence-corrected chi connectivity index (χ0v) is 11.2. The Balaban J connectivity index is 2.53. The lowest BCUT2D eigenvalue weighted by atomic mass is 10.2. The number of thiol groups is 1. The van der Waals surface area contributed by atoms with Crippen molar-refractivity contribution >= 4 is 18.5 Å². The van der Waals surface area contributed by atoms with E-state index < -0.39 is 0 Å². The molecule has 1 aromatic carbocycles. The van der Waals surface area contributed by atoms with E-state index in [2.05, 4.69) is 12.6 Å². The first-order chi connectivity index (χ1) is 8.17. The first kappa shape index (κ1) is 13.9. The second-order valence-corrected chi connectivity index (χ2v) is 4.25. The van der Waals surface area contributed by atoms with Crippen LogP contribution in [0.1, 0.15) is 18.9 Å². The molecule has 1 aromatic rings. The summed E-state index contributed by atoms with van der Waals surface area (Å²) in [7, 11) is 1.81. The van der Waals surface area contributed by atoms with Gasteiger partial charge in [0, 0.05) is 20.0 Å². The number of amides is 1. The summed E-state index contributed by atoms with van der Waals surface area (Å²) >= 11 is 4.05. The SMILES string of the molecule is CCOc1ccc(CN(C)C(=O)CCS)cc1. The Morgan fingerprint density at radius 2 is 2.00 bits per heavy atom. The lowest BCUT2D eigenvalue weighted by Gasteiger charge is -2.17. The van der Waals surface area contributed by atoms with Crippen LogP contribution in [0.25, 0.3) is 0 Å². The maximum Gasteiger partial charge on any atom is 0.223 e. The molecule has 0 saturated carbocycles. The topological polar surface area (TPSA) is 29.5 Å². The lowest BCUT2D eigenvalue weighted by molar-refractivity contribution is -0.129. The number of hydrogen-bond donors (Lipinski definition) is 1. The van der Waals surface area contributed by atoms with Gasteiger partial charge in [0.15, 0.2) is 0 Å². The Bertz CT molecular complexity index is 351. The Labute approximate surface area is 108 Å². The van der Waals surface area contributed by atoms with Crippen molar-refractivity contribution < 1.29 is 9.53 Å². The van der Waals surface area contributed by atoms with E-state index >= 15 is 0 Å². The molecule has 0 fully saturated rings. The highest BCUT2D eigenvalue weighted by Crippen LogP contribution is 2.13. The summed E-state index contributed by atoms with van der Waals surface area (Å²) in [5, 5.41) is 0. The molecule has 0 aliphatic rings. The largest absolute Gasteiger partial charge is 0.494 e. The zero-order chi connectivity index (χ0) is 12.7. The molecule has 0 unspecified atom stereocenters. The van der Waals surface area contributed by atoms with Gasteiger partial charge in [0.2, 0.25) is 5.91 Å². The quantitative estimate of drug-likeness (QED) is 0.789. The number of benzene rings is 1. The van der Waals surface area contributed by atoms with Crippen LogP contribution in [-0.4, -0.2) is 30.2 Å². The standard InChI is InChI=1S/C13H19NO2S/c1-3-16-12-6-4-11(5-7-12)10-14(2)13(15)8-9-17/h4-7,17H,3,8-10H2,1-2H3. The number of hydrogen-bond acceptors (Lipinski definition) is 3. The fraction of sp³-hybridized carbons (Fsp3) is 0.462. The van der Waals surface area contributed by atoms with Crippen LogP contribution in [0.15, 0.2) is 24.3 Å². The molecular formula is C13H19NO2S. The average molecular weight is 253 g/mol. The molecule has 0 bridgehead atoms. The third-order valence-electron chi connectivity index (χ3n) is 2.41. The van der Waals surface area contributed by atoms with Crippen molar-refractivity contribution in [3.63, 3.8) is 0 Å². The van der Waals surface area contributed by atoms with Crippen LogP contribution in [0.4, 0.5) is 0 Å². The lowest BCUT2D eigenvalue weighted by Crippen LogP contribution is -2.26. The Kier molecular flexibility index (Phi) is 5.91. The molecule has 0 spiro atoms. The van der Waals surface area contributed by atoms with Crippen molar-refractivity contribution in [2.24, 2.45) is 0 Å². The Morgan fingerprint density at radius 3 is 2.53 bits per heavy atom. The summed E-state index contributed by atoms with van der Waals surface area (Å²) in [5.41, 5.74) is 1.10. The number of ether oxygens (including phenoxy) is 1. The van der Waals surface area contributed by atoms with E-state index in [1.807, 2.05) is 38.2 Å². The smallest absolute Gasteiger partial charge is 0.223 e. The third kappa shape index (κ3) is 4.69. The van der Waals surface area contributed by atoms with Gasteiger partial charge in [-0.25, -0.2) is 0 Å². The first-order valence-corrected chi connectivity index (χ1v) is 6.37. The molecule has 4 heteroatoms. The summed E-state index contributed by atoms with van der Waals surface area (Å²) in [4.78, 5) is 13.3. The van der Waals surface area contributed by atoms with E-state index in [4.69, 9.17) is 4.74 Å². The molecule has 0 aromatic heterocycles. The van der Waals surface area contributed by atoms with Gasteiger partial charge in [-0.3, -0.25) is 4.79 Å². The highest BCUT2D eigenvalue weighted by Gasteiger charge is 2.07. The normalized spacial score (nSPS) is 10.1. The van der Waals surface area contributed by atoms with Crippen LogP contribution >= 0.6 is 12.6 Å². The van der Waals surface area contributed by atoms with Crippen molar-refractivity contribution in [1.29, 1.82) is 0 Å².